The van der Waals surface area contributed by atoms with Crippen LogP contribution in [0.3, 0.4) is 0 Å². The van der Waals surface area contributed by atoms with Gasteiger partial charge in [0.15, 0.2) is 9.84 Å². The zero-order chi connectivity index (χ0) is 11.6. The lowest BCUT2D eigenvalue weighted by atomic mass is 10.2. The predicted molar refractivity (Wildman–Crippen MR) is 63.9 cm³/mol. The van der Waals surface area contributed by atoms with Crippen molar-refractivity contribution in [2.75, 3.05) is 36.6 Å². The maximum Gasteiger partial charge on any atom is 0.153 e. The minimum atomic E-state index is -2.80. The van der Waals surface area contributed by atoms with Crippen molar-refractivity contribution in [2.24, 2.45) is 0 Å². The molecule has 1 saturated heterocycles. The van der Waals surface area contributed by atoms with E-state index in [1.54, 1.807) is 7.11 Å². The Labute approximate surface area is 95.7 Å². The van der Waals surface area contributed by atoms with Crippen LogP contribution in [0.25, 0.3) is 0 Å². The molecule has 0 radical (unpaired) electrons. The van der Waals surface area contributed by atoms with Gasteiger partial charge in [0.1, 0.15) is 5.75 Å². The number of benzene rings is 1. The van der Waals surface area contributed by atoms with Crippen LogP contribution >= 0.6 is 0 Å². The van der Waals surface area contributed by atoms with Crippen LogP contribution in [0.4, 0.5) is 5.69 Å². The standard InChI is InChI=1S/C11H15NO3S/c1-15-11-4-2-10(3-5-11)12-6-8-16(13,14)9-7-12/h2-5H,6-9H2,1H3. The van der Waals surface area contributed by atoms with E-state index in [0.29, 0.717) is 13.1 Å². The molecule has 5 heteroatoms. The first kappa shape index (κ1) is 11.3. The second-order valence-corrected chi connectivity index (χ2v) is 6.14. The second kappa shape index (κ2) is 4.33. The van der Waals surface area contributed by atoms with Gasteiger partial charge in [0.2, 0.25) is 0 Å². The molecule has 1 aromatic carbocycles. The second-order valence-electron chi connectivity index (χ2n) is 3.84. The summed E-state index contributed by atoms with van der Waals surface area (Å²) in [5.41, 5.74) is 1.05. The van der Waals surface area contributed by atoms with Gasteiger partial charge >= 0.3 is 0 Å². The summed E-state index contributed by atoms with van der Waals surface area (Å²) in [6, 6.07) is 7.68. The molecule has 0 spiro atoms. The molecule has 0 amide bonds. The smallest absolute Gasteiger partial charge is 0.153 e. The molecule has 1 heterocycles. The van der Waals surface area contributed by atoms with E-state index in [4.69, 9.17) is 4.74 Å². The first-order chi connectivity index (χ1) is 7.61. The lowest BCUT2D eigenvalue weighted by Crippen LogP contribution is -2.40. The molecular formula is C11H15NO3S. The van der Waals surface area contributed by atoms with Crippen LogP contribution in [0.2, 0.25) is 0 Å². The third-order valence-electron chi connectivity index (χ3n) is 2.78. The normalized spacial score (nSPS) is 19.4. The van der Waals surface area contributed by atoms with Crippen molar-refractivity contribution in [1.82, 2.24) is 0 Å². The maximum atomic E-state index is 11.3. The van der Waals surface area contributed by atoms with Gasteiger partial charge in [-0.15, -0.1) is 0 Å². The van der Waals surface area contributed by atoms with Gasteiger partial charge in [0.25, 0.3) is 0 Å². The highest BCUT2D eigenvalue weighted by Gasteiger charge is 2.21. The molecule has 1 fully saturated rings. The van der Waals surface area contributed by atoms with Crippen LogP contribution < -0.4 is 9.64 Å². The van der Waals surface area contributed by atoms with Gasteiger partial charge in [-0.2, -0.15) is 0 Å². The van der Waals surface area contributed by atoms with Crippen LogP contribution in [0.5, 0.6) is 5.75 Å². The lowest BCUT2D eigenvalue weighted by Gasteiger charge is -2.28. The molecule has 2 rings (SSSR count). The summed E-state index contributed by atoms with van der Waals surface area (Å²) < 4.78 is 27.6. The fraction of sp³-hybridized carbons (Fsp3) is 0.455. The van der Waals surface area contributed by atoms with E-state index < -0.39 is 9.84 Å². The lowest BCUT2D eigenvalue weighted by molar-refractivity contribution is 0.415. The molecule has 1 aliphatic rings. The third kappa shape index (κ3) is 2.47. The van der Waals surface area contributed by atoms with E-state index >= 15 is 0 Å². The summed E-state index contributed by atoms with van der Waals surface area (Å²) in [5.74, 6) is 1.31. The Morgan fingerprint density at radius 1 is 1.12 bits per heavy atom. The van der Waals surface area contributed by atoms with Gasteiger partial charge in [-0.1, -0.05) is 0 Å². The molecule has 0 bridgehead atoms. The van der Waals surface area contributed by atoms with E-state index in [1.165, 1.54) is 0 Å². The quantitative estimate of drug-likeness (QED) is 0.773. The monoisotopic (exact) mass is 241 g/mol. The largest absolute Gasteiger partial charge is 0.497 e. The molecule has 0 saturated carbocycles. The minimum absolute atomic E-state index is 0.249. The van der Waals surface area contributed by atoms with Crippen molar-refractivity contribution in [2.45, 2.75) is 0 Å². The summed E-state index contributed by atoms with van der Waals surface area (Å²) in [5, 5.41) is 0. The maximum absolute atomic E-state index is 11.3. The number of methoxy groups -OCH3 is 1. The SMILES string of the molecule is COc1ccc(N2CCS(=O)(=O)CC2)cc1. The Kier molecular flexibility index (Phi) is 3.05. The van der Waals surface area contributed by atoms with Gasteiger partial charge in [0.05, 0.1) is 18.6 Å². The number of nitrogens with zero attached hydrogens (tertiary/aromatic N) is 1. The van der Waals surface area contributed by atoms with E-state index in [2.05, 4.69) is 4.90 Å². The Bertz CT molecular complexity index is 439. The van der Waals surface area contributed by atoms with Crippen molar-refractivity contribution in [3.05, 3.63) is 24.3 Å². The van der Waals surface area contributed by atoms with E-state index in [-0.39, 0.29) is 11.5 Å². The number of hydrogen-bond donors (Lipinski definition) is 0. The van der Waals surface area contributed by atoms with Gasteiger partial charge in [-0.3, -0.25) is 0 Å². The van der Waals surface area contributed by atoms with E-state index in [0.717, 1.165) is 11.4 Å². The third-order valence-corrected chi connectivity index (χ3v) is 4.39. The van der Waals surface area contributed by atoms with Gasteiger partial charge in [-0.05, 0) is 24.3 Å². The number of ether oxygens (including phenoxy) is 1. The van der Waals surface area contributed by atoms with Gasteiger partial charge in [-0.25, -0.2) is 8.42 Å². The molecule has 0 aliphatic carbocycles. The number of rotatable bonds is 2. The average Bonchev–Trinajstić information content (AvgIpc) is 2.29. The van der Waals surface area contributed by atoms with Crippen molar-refractivity contribution >= 4 is 15.5 Å². The topological polar surface area (TPSA) is 46.6 Å². The van der Waals surface area contributed by atoms with Gasteiger partial charge in [0, 0.05) is 18.8 Å². The predicted octanol–water partition coefficient (Wildman–Crippen LogP) is 0.930. The van der Waals surface area contributed by atoms with Crippen molar-refractivity contribution in [3.63, 3.8) is 0 Å². The van der Waals surface area contributed by atoms with Crippen LogP contribution in [-0.4, -0.2) is 40.1 Å². The van der Waals surface area contributed by atoms with Crippen molar-refractivity contribution < 1.29 is 13.2 Å². The molecule has 1 aliphatic heterocycles. The fourth-order valence-electron chi connectivity index (χ4n) is 1.76. The highest BCUT2D eigenvalue weighted by molar-refractivity contribution is 7.91. The average molecular weight is 241 g/mol. The number of sulfone groups is 1. The first-order valence-corrected chi connectivity index (χ1v) is 7.02. The molecule has 88 valence electrons. The molecule has 0 N–H and O–H groups in total. The van der Waals surface area contributed by atoms with Crippen molar-refractivity contribution in [1.29, 1.82) is 0 Å². The van der Waals surface area contributed by atoms with E-state index in [9.17, 15) is 8.42 Å². The zero-order valence-corrected chi connectivity index (χ0v) is 10.0. The van der Waals surface area contributed by atoms with E-state index in [1.807, 2.05) is 24.3 Å². The Morgan fingerprint density at radius 2 is 1.69 bits per heavy atom. The van der Waals surface area contributed by atoms with Crippen LogP contribution in [0, 0.1) is 0 Å². The summed E-state index contributed by atoms with van der Waals surface area (Å²) in [6.45, 7) is 1.16. The van der Waals surface area contributed by atoms with Crippen LogP contribution in [-0.2, 0) is 9.84 Å². The molecule has 0 aromatic heterocycles. The Morgan fingerprint density at radius 3 is 2.19 bits per heavy atom. The van der Waals surface area contributed by atoms with Crippen molar-refractivity contribution in [3.8, 4) is 5.75 Å². The molecular weight excluding hydrogens is 226 g/mol. The summed E-state index contributed by atoms with van der Waals surface area (Å²) in [7, 11) is -1.18. The number of hydrogen-bond acceptors (Lipinski definition) is 4. The fourth-order valence-corrected chi connectivity index (χ4v) is 2.96. The Balaban J connectivity index is 2.08. The van der Waals surface area contributed by atoms with Gasteiger partial charge < -0.3 is 9.64 Å². The molecule has 4 nitrogen and oxygen atoms in total. The molecule has 0 atom stereocenters. The highest BCUT2D eigenvalue weighted by Crippen LogP contribution is 2.20. The first-order valence-electron chi connectivity index (χ1n) is 5.20. The van der Waals surface area contributed by atoms with Crippen LogP contribution in [0.15, 0.2) is 24.3 Å². The summed E-state index contributed by atoms with van der Waals surface area (Å²) >= 11 is 0. The highest BCUT2D eigenvalue weighted by atomic mass is 32.2. The minimum Gasteiger partial charge on any atom is -0.497 e. The molecule has 16 heavy (non-hydrogen) atoms. The molecule has 1 aromatic rings. The Hall–Kier alpha value is -1.23. The molecule has 0 unspecified atom stereocenters. The summed E-state index contributed by atoms with van der Waals surface area (Å²) in [6.07, 6.45) is 0. The summed E-state index contributed by atoms with van der Waals surface area (Å²) in [4.78, 5) is 2.08. The van der Waals surface area contributed by atoms with Crippen LogP contribution in [0.1, 0.15) is 0 Å². The zero-order valence-electron chi connectivity index (χ0n) is 9.22. The number of anilines is 1.